The van der Waals surface area contributed by atoms with Crippen molar-refractivity contribution in [2.45, 2.75) is 6.73 Å². The molecule has 0 saturated heterocycles. The van der Waals surface area contributed by atoms with Gasteiger partial charge in [0.1, 0.15) is 6.73 Å². The van der Waals surface area contributed by atoms with E-state index in [9.17, 15) is 4.79 Å². The third-order valence-corrected chi connectivity index (χ3v) is 2.79. The Kier molecular flexibility index (Phi) is 5.09. The van der Waals surface area contributed by atoms with E-state index in [1.807, 2.05) is 0 Å². The van der Waals surface area contributed by atoms with Crippen LogP contribution in [0.1, 0.15) is 10.6 Å². The van der Waals surface area contributed by atoms with Gasteiger partial charge in [-0.2, -0.15) is 4.98 Å². The van der Waals surface area contributed by atoms with E-state index in [0.29, 0.717) is 10.7 Å². The molecule has 0 spiro atoms. The van der Waals surface area contributed by atoms with Crippen LogP contribution in [-0.2, 0) is 11.5 Å². The minimum Gasteiger partial charge on any atom is -0.394 e. The summed E-state index contributed by atoms with van der Waals surface area (Å²) in [7, 11) is 0. The molecule has 2 rings (SSSR count). The maximum atomic E-state index is 12.2. The van der Waals surface area contributed by atoms with Crippen LogP contribution in [0, 0.1) is 0 Å². The zero-order valence-corrected chi connectivity index (χ0v) is 11.7. The molecular formula is C12H14ClN5O3. The summed E-state index contributed by atoms with van der Waals surface area (Å²) in [5, 5.41) is 15.5. The number of nitrogens with zero attached hydrogens (tertiary/aromatic N) is 3. The molecule has 0 fully saturated rings. The Labute approximate surface area is 125 Å². The first-order chi connectivity index (χ1) is 10.1. The number of nitrogen functional groups attached to an aromatic ring is 1. The van der Waals surface area contributed by atoms with Gasteiger partial charge in [-0.1, -0.05) is 23.7 Å². The lowest BCUT2D eigenvalue weighted by molar-refractivity contribution is 0.0401. The number of nitrogens with two attached hydrogens (primary N) is 1. The summed E-state index contributed by atoms with van der Waals surface area (Å²) < 4.78 is 6.30. The van der Waals surface area contributed by atoms with Crippen molar-refractivity contribution in [3.8, 4) is 0 Å². The number of amides is 1. The van der Waals surface area contributed by atoms with Gasteiger partial charge in [0.25, 0.3) is 5.91 Å². The molecule has 0 atom stereocenters. The molecule has 2 aromatic rings. The van der Waals surface area contributed by atoms with Crippen LogP contribution in [0.3, 0.4) is 0 Å². The van der Waals surface area contributed by atoms with E-state index < -0.39 is 5.91 Å². The highest BCUT2D eigenvalue weighted by Gasteiger charge is 2.17. The molecule has 8 nitrogen and oxygen atoms in total. The van der Waals surface area contributed by atoms with E-state index >= 15 is 0 Å². The summed E-state index contributed by atoms with van der Waals surface area (Å²) in [6.07, 6.45) is 0. The second-order valence-corrected chi connectivity index (χ2v) is 4.40. The van der Waals surface area contributed by atoms with Crippen LogP contribution in [0.4, 0.5) is 11.6 Å². The topological polar surface area (TPSA) is 115 Å². The van der Waals surface area contributed by atoms with Gasteiger partial charge in [0.15, 0.2) is 0 Å². The number of aromatic nitrogens is 3. The van der Waals surface area contributed by atoms with Crippen molar-refractivity contribution < 1.29 is 14.6 Å². The van der Waals surface area contributed by atoms with Crippen LogP contribution in [-0.4, -0.2) is 39.0 Å². The first-order valence-electron chi connectivity index (χ1n) is 6.06. The number of hydrogen-bond donors (Lipinski definition) is 3. The highest BCUT2D eigenvalue weighted by atomic mass is 35.5. The number of rotatable bonds is 6. The Balaban J connectivity index is 2.13. The van der Waals surface area contributed by atoms with Crippen LogP contribution in [0.2, 0.25) is 5.02 Å². The number of hydrogen-bond acceptors (Lipinski definition) is 6. The standard InChI is InChI=1S/C12H14ClN5O3/c13-8-3-1-2-4-9(8)15-11(20)10-16-12(14)17-18(10)7-21-6-5-19/h1-4,19H,5-7H2,(H2,14,17)(H,15,20). The molecule has 0 bridgehead atoms. The molecular weight excluding hydrogens is 298 g/mol. The van der Waals surface area contributed by atoms with Gasteiger partial charge in [-0.3, -0.25) is 4.79 Å². The van der Waals surface area contributed by atoms with Crippen molar-refractivity contribution in [1.29, 1.82) is 0 Å². The number of carbonyl (C=O) groups is 1. The van der Waals surface area contributed by atoms with E-state index in [1.54, 1.807) is 24.3 Å². The first kappa shape index (κ1) is 15.2. The van der Waals surface area contributed by atoms with Crippen LogP contribution >= 0.6 is 11.6 Å². The van der Waals surface area contributed by atoms with Gasteiger partial charge in [0.05, 0.1) is 23.9 Å². The Hall–Kier alpha value is -2.16. The van der Waals surface area contributed by atoms with Crippen LogP contribution in [0.15, 0.2) is 24.3 Å². The molecule has 21 heavy (non-hydrogen) atoms. The third kappa shape index (κ3) is 3.91. The fourth-order valence-corrected chi connectivity index (χ4v) is 1.76. The van der Waals surface area contributed by atoms with Gasteiger partial charge >= 0.3 is 0 Å². The molecule has 0 radical (unpaired) electrons. The lowest BCUT2D eigenvalue weighted by Gasteiger charge is -2.08. The van der Waals surface area contributed by atoms with E-state index in [4.69, 9.17) is 27.2 Å². The van der Waals surface area contributed by atoms with Gasteiger partial charge in [0.2, 0.25) is 11.8 Å². The van der Waals surface area contributed by atoms with Crippen molar-refractivity contribution in [2.75, 3.05) is 24.3 Å². The first-order valence-corrected chi connectivity index (χ1v) is 6.44. The van der Waals surface area contributed by atoms with Crippen LogP contribution < -0.4 is 11.1 Å². The maximum Gasteiger partial charge on any atom is 0.293 e. The average Bonchev–Trinajstić information content (AvgIpc) is 2.83. The van der Waals surface area contributed by atoms with E-state index in [0.717, 1.165) is 0 Å². The molecule has 1 aromatic heterocycles. The monoisotopic (exact) mass is 311 g/mol. The quantitative estimate of drug-likeness (QED) is 0.677. The summed E-state index contributed by atoms with van der Waals surface area (Å²) >= 11 is 5.97. The Morgan fingerprint density at radius 2 is 2.24 bits per heavy atom. The third-order valence-electron chi connectivity index (χ3n) is 2.46. The summed E-state index contributed by atoms with van der Waals surface area (Å²) in [4.78, 5) is 16.0. The maximum absolute atomic E-state index is 12.2. The highest BCUT2D eigenvalue weighted by molar-refractivity contribution is 6.33. The Morgan fingerprint density at radius 1 is 1.48 bits per heavy atom. The SMILES string of the molecule is Nc1nc(C(=O)Nc2ccccc2Cl)n(COCCO)n1. The largest absolute Gasteiger partial charge is 0.394 e. The van der Waals surface area contributed by atoms with Crippen LogP contribution in [0.5, 0.6) is 0 Å². The zero-order valence-electron chi connectivity index (χ0n) is 11.0. The number of carbonyl (C=O) groups excluding carboxylic acids is 1. The molecule has 0 aliphatic carbocycles. The van der Waals surface area contributed by atoms with E-state index in [1.165, 1.54) is 4.68 Å². The second kappa shape index (κ2) is 7.02. The van der Waals surface area contributed by atoms with Crippen molar-refractivity contribution in [3.05, 3.63) is 35.1 Å². The van der Waals surface area contributed by atoms with Gasteiger partial charge in [0, 0.05) is 0 Å². The minimum atomic E-state index is -0.514. The molecule has 112 valence electrons. The summed E-state index contributed by atoms with van der Waals surface area (Å²) in [6.45, 7) is -0.0628. The number of benzene rings is 1. The number of ether oxygens (including phenoxy) is 1. The smallest absolute Gasteiger partial charge is 0.293 e. The molecule has 0 saturated carbocycles. The highest BCUT2D eigenvalue weighted by Crippen LogP contribution is 2.21. The van der Waals surface area contributed by atoms with Gasteiger partial charge in [-0.15, -0.1) is 5.10 Å². The average molecular weight is 312 g/mol. The molecule has 0 unspecified atom stereocenters. The number of aliphatic hydroxyl groups excluding tert-OH is 1. The summed E-state index contributed by atoms with van der Waals surface area (Å²) in [5.74, 6) is -0.572. The minimum absolute atomic E-state index is 0.00893. The normalized spacial score (nSPS) is 10.6. The predicted octanol–water partition coefficient (Wildman–Crippen LogP) is 0.732. The van der Waals surface area contributed by atoms with Gasteiger partial charge in [-0.05, 0) is 12.1 Å². The lowest BCUT2D eigenvalue weighted by atomic mass is 10.3. The summed E-state index contributed by atoms with van der Waals surface area (Å²) in [6, 6.07) is 6.80. The zero-order chi connectivity index (χ0) is 15.2. The van der Waals surface area contributed by atoms with E-state index in [-0.39, 0.29) is 31.7 Å². The van der Waals surface area contributed by atoms with Gasteiger partial charge in [-0.25, -0.2) is 4.68 Å². The number of halogens is 1. The molecule has 0 aliphatic heterocycles. The van der Waals surface area contributed by atoms with Crippen molar-refractivity contribution in [2.24, 2.45) is 0 Å². The predicted molar refractivity (Wildman–Crippen MR) is 76.9 cm³/mol. The van der Waals surface area contributed by atoms with Crippen molar-refractivity contribution in [1.82, 2.24) is 14.8 Å². The molecule has 4 N–H and O–H groups in total. The van der Waals surface area contributed by atoms with Crippen molar-refractivity contribution in [3.63, 3.8) is 0 Å². The van der Waals surface area contributed by atoms with Crippen LogP contribution in [0.25, 0.3) is 0 Å². The number of anilines is 2. The molecule has 0 aliphatic rings. The fraction of sp³-hybridized carbons (Fsp3) is 0.250. The van der Waals surface area contributed by atoms with Crippen molar-refractivity contribution >= 4 is 29.1 Å². The Bertz CT molecular complexity index is 631. The van der Waals surface area contributed by atoms with Gasteiger partial charge < -0.3 is 20.9 Å². The molecule has 1 amide bonds. The molecule has 9 heteroatoms. The molecule has 1 aromatic carbocycles. The summed E-state index contributed by atoms with van der Waals surface area (Å²) in [5.41, 5.74) is 5.94. The van der Waals surface area contributed by atoms with E-state index in [2.05, 4.69) is 15.4 Å². The second-order valence-electron chi connectivity index (χ2n) is 3.99. The lowest BCUT2D eigenvalue weighted by Crippen LogP contribution is -2.20. The number of para-hydroxylation sites is 1. The fourth-order valence-electron chi connectivity index (χ4n) is 1.57. The number of nitrogens with one attached hydrogen (secondary N) is 1. The number of aliphatic hydroxyl groups is 1. The molecule has 1 heterocycles. The Morgan fingerprint density at radius 3 is 2.95 bits per heavy atom.